The highest BCUT2D eigenvalue weighted by Gasteiger charge is 2.32. The molecule has 1 atom stereocenters. The molecule has 0 bridgehead atoms. The number of aryl methyl sites for hydroxylation is 1. The van der Waals surface area contributed by atoms with E-state index in [1.807, 2.05) is 0 Å². The maximum atomic E-state index is 13.5. The number of carbonyl (C=O) groups excluding carboxylic acids is 1. The van der Waals surface area contributed by atoms with Crippen LogP contribution in [0, 0.1) is 0 Å². The van der Waals surface area contributed by atoms with E-state index in [-0.39, 0.29) is 11.7 Å². The molecule has 0 spiro atoms. The summed E-state index contributed by atoms with van der Waals surface area (Å²) in [5.74, 6) is 0.373. The quantitative estimate of drug-likeness (QED) is 0.471. The molecule has 0 aliphatic carbocycles. The molecular formula is C23H23F3N6O. The molecule has 1 aromatic carbocycles. The number of halogens is 3. The smallest absolute Gasteiger partial charge is 0.368 e. The van der Waals surface area contributed by atoms with Crippen molar-refractivity contribution in [3.8, 4) is 11.5 Å². The molecule has 1 saturated heterocycles. The first kappa shape index (κ1) is 21.4. The number of benzene rings is 1. The van der Waals surface area contributed by atoms with Crippen LogP contribution in [0.25, 0.3) is 33.6 Å². The summed E-state index contributed by atoms with van der Waals surface area (Å²) < 4.78 is 43.3. The van der Waals surface area contributed by atoms with Gasteiger partial charge in [0, 0.05) is 43.3 Å². The summed E-state index contributed by atoms with van der Waals surface area (Å²) in [6.45, 7) is 0.140. The topological polar surface area (TPSA) is 82.0 Å². The van der Waals surface area contributed by atoms with Gasteiger partial charge in [0.25, 0.3) is 0 Å². The van der Waals surface area contributed by atoms with Crippen LogP contribution in [0.1, 0.15) is 23.2 Å². The molecule has 0 amide bonds. The molecule has 4 heterocycles. The van der Waals surface area contributed by atoms with Gasteiger partial charge in [0.15, 0.2) is 12.1 Å². The van der Waals surface area contributed by atoms with Gasteiger partial charge in [-0.05, 0) is 43.2 Å². The summed E-state index contributed by atoms with van der Waals surface area (Å²) in [7, 11) is 1.76. The minimum atomic E-state index is -4.43. The van der Waals surface area contributed by atoms with Gasteiger partial charge in [-0.2, -0.15) is 13.2 Å². The Balaban J connectivity index is 1.75. The Morgan fingerprint density at radius 1 is 1.27 bits per heavy atom. The number of imidazole rings is 1. The van der Waals surface area contributed by atoms with Gasteiger partial charge in [0.05, 0.1) is 16.9 Å². The molecule has 10 heteroatoms. The number of nitrogens with zero attached hydrogens (tertiary/aromatic N) is 5. The Kier molecular flexibility index (Phi) is 5.12. The molecular weight excluding hydrogens is 433 g/mol. The van der Waals surface area contributed by atoms with Crippen molar-refractivity contribution in [2.75, 3.05) is 18.0 Å². The average Bonchev–Trinajstić information content (AvgIpc) is 3.29. The summed E-state index contributed by atoms with van der Waals surface area (Å²) in [6.07, 6.45) is -0.375. The lowest BCUT2D eigenvalue weighted by Crippen LogP contribution is -2.43. The molecule has 172 valence electrons. The van der Waals surface area contributed by atoms with Crippen LogP contribution in [0.5, 0.6) is 0 Å². The molecule has 3 aromatic heterocycles. The number of nitrogens with two attached hydrogens (primary N) is 1. The van der Waals surface area contributed by atoms with Crippen molar-refractivity contribution < 1.29 is 18.0 Å². The largest absolute Gasteiger partial charge is 0.406 e. The fourth-order valence-corrected chi connectivity index (χ4v) is 4.74. The van der Waals surface area contributed by atoms with Gasteiger partial charge < -0.3 is 19.8 Å². The molecule has 7 nitrogen and oxygen atoms in total. The highest BCUT2D eigenvalue weighted by atomic mass is 19.4. The number of fused-ring (bicyclic) bond motifs is 2. The highest BCUT2D eigenvalue weighted by molar-refractivity contribution is 6.01. The van der Waals surface area contributed by atoms with Crippen LogP contribution >= 0.6 is 0 Å². The van der Waals surface area contributed by atoms with Gasteiger partial charge in [-0.15, -0.1) is 0 Å². The zero-order chi connectivity index (χ0) is 23.3. The summed E-state index contributed by atoms with van der Waals surface area (Å²) in [4.78, 5) is 22.9. The molecule has 2 N–H and O–H groups in total. The Hall–Kier alpha value is -3.40. The number of aromatic nitrogens is 4. The van der Waals surface area contributed by atoms with Crippen molar-refractivity contribution in [3.05, 3.63) is 42.1 Å². The summed E-state index contributed by atoms with van der Waals surface area (Å²) in [6, 6.07) is 8.57. The van der Waals surface area contributed by atoms with Crippen molar-refractivity contribution >= 4 is 34.0 Å². The minimum absolute atomic E-state index is 0.0166. The molecule has 1 fully saturated rings. The fraction of sp³-hybridized carbons (Fsp3) is 0.348. The lowest BCUT2D eigenvalue weighted by Gasteiger charge is -2.33. The van der Waals surface area contributed by atoms with Crippen LogP contribution in [0.2, 0.25) is 0 Å². The van der Waals surface area contributed by atoms with Gasteiger partial charge in [-0.1, -0.05) is 0 Å². The standard InChI is InChI=1S/C23H23F3N6O/c1-30-17-7-6-15(12-33)20(31-9-3-5-16(27)11-31)19(17)29-22(30)18-10-14-4-2-8-28-21(14)32(18)13-23(24,25)26/h2,4,6-8,10,12,16H,3,5,9,11,13,27H2,1H3/t16-/m1/s1. The van der Waals surface area contributed by atoms with Gasteiger partial charge in [-0.25, -0.2) is 9.97 Å². The van der Waals surface area contributed by atoms with Gasteiger partial charge in [0.2, 0.25) is 0 Å². The first-order valence-electron chi connectivity index (χ1n) is 10.7. The van der Waals surface area contributed by atoms with Crippen molar-refractivity contribution in [2.45, 2.75) is 31.6 Å². The van der Waals surface area contributed by atoms with Gasteiger partial charge in [0.1, 0.15) is 17.7 Å². The normalized spacial score (nSPS) is 17.2. The second-order valence-electron chi connectivity index (χ2n) is 8.48. The predicted molar refractivity (Wildman–Crippen MR) is 120 cm³/mol. The molecule has 33 heavy (non-hydrogen) atoms. The van der Waals surface area contributed by atoms with Crippen molar-refractivity contribution in [1.29, 1.82) is 0 Å². The second kappa shape index (κ2) is 7.87. The Bertz CT molecular complexity index is 1360. The van der Waals surface area contributed by atoms with Crippen LogP contribution in [0.15, 0.2) is 36.5 Å². The summed E-state index contributed by atoms with van der Waals surface area (Å²) in [5, 5.41) is 0.597. The Morgan fingerprint density at radius 3 is 2.82 bits per heavy atom. The number of piperidine rings is 1. The van der Waals surface area contributed by atoms with E-state index >= 15 is 0 Å². The van der Waals surface area contributed by atoms with Crippen molar-refractivity contribution in [2.24, 2.45) is 12.8 Å². The SMILES string of the molecule is Cn1c(-c2cc3cccnc3n2CC(F)(F)F)nc2c(N3CCC[C@@H](N)C3)c(C=O)ccc21. The predicted octanol–water partition coefficient (Wildman–Crippen LogP) is 3.89. The number of hydrogen-bond donors (Lipinski definition) is 1. The minimum Gasteiger partial charge on any atom is -0.368 e. The van der Waals surface area contributed by atoms with Crippen molar-refractivity contribution in [3.63, 3.8) is 0 Å². The number of carbonyl (C=O) groups is 1. The number of rotatable bonds is 4. The first-order valence-corrected chi connectivity index (χ1v) is 10.7. The lowest BCUT2D eigenvalue weighted by molar-refractivity contribution is -0.139. The molecule has 4 aromatic rings. The van der Waals surface area contributed by atoms with E-state index < -0.39 is 12.7 Å². The number of hydrogen-bond acceptors (Lipinski definition) is 5. The van der Waals surface area contributed by atoms with E-state index in [1.165, 1.54) is 6.20 Å². The van der Waals surface area contributed by atoms with E-state index in [9.17, 15) is 18.0 Å². The van der Waals surface area contributed by atoms with Gasteiger partial charge in [-0.3, -0.25) is 4.79 Å². The van der Waals surface area contributed by atoms with Crippen LogP contribution in [-0.2, 0) is 13.6 Å². The number of aldehydes is 1. The molecule has 0 saturated carbocycles. The van der Waals surface area contributed by atoms with Crippen LogP contribution in [0.3, 0.4) is 0 Å². The number of pyridine rings is 1. The van der Waals surface area contributed by atoms with Crippen LogP contribution in [-0.4, -0.2) is 50.7 Å². The number of alkyl halides is 3. The third-order valence-electron chi connectivity index (χ3n) is 6.18. The van der Waals surface area contributed by atoms with E-state index in [1.54, 1.807) is 41.9 Å². The third-order valence-corrected chi connectivity index (χ3v) is 6.18. The molecule has 1 aliphatic heterocycles. The first-order chi connectivity index (χ1) is 15.8. The van der Waals surface area contributed by atoms with E-state index in [0.29, 0.717) is 40.2 Å². The highest BCUT2D eigenvalue weighted by Crippen LogP contribution is 2.36. The second-order valence-corrected chi connectivity index (χ2v) is 8.48. The van der Waals surface area contributed by atoms with E-state index in [2.05, 4.69) is 9.88 Å². The summed E-state index contributed by atoms with van der Waals surface area (Å²) >= 11 is 0. The maximum absolute atomic E-state index is 13.5. The fourth-order valence-electron chi connectivity index (χ4n) is 4.74. The number of anilines is 1. The summed E-state index contributed by atoms with van der Waals surface area (Å²) in [5.41, 5.74) is 9.19. The molecule has 1 aliphatic rings. The third kappa shape index (κ3) is 3.74. The monoisotopic (exact) mass is 456 g/mol. The maximum Gasteiger partial charge on any atom is 0.406 e. The lowest BCUT2D eigenvalue weighted by atomic mass is 10.0. The van der Waals surface area contributed by atoms with Crippen LogP contribution in [0.4, 0.5) is 18.9 Å². The van der Waals surface area contributed by atoms with Crippen LogP contribution < -0.4 is 10.6 Å². The molecule has 0 radical (unpaired) electrons. The Labute approximate surface area is 187 Å². The zero-order valence-electron chi connectivity index (χ0n) is 18.0. The van der Waals surface area contributed by atoms with E-state index in [4.69, 9.17) is 10.7 Å². The average molecular weight is 456 g/mol. The Morgan fingerprint density at radius 2 is 2.09 bits per heavy atom. The van der Waals surface area contributed by atoms with Crippen molar-refractivity contribution in [1.82, 2.24) is 19.1 Å². The molecule has 0 unspecified atom stereocenters. The van der Waals surface area contributed by atoms with Gasteiger partial charge >= 0.3 is 6.18 Å². The van der Waals surface area contributed by atoms with E-state index in [0.717, 1.165) is 35.8 Å². The zero-order valence-corrected chi connectivity index (χ0v) is 18.0. The molecule has 5 rings (SSSR count).